The van der Waals surface area contributed by atoms with Crippen LogP contribution in [0, 0.1) is 0 Å². The van der Waals surface area contributed by atoms with E-state index in [0.717, 1.165) is 18.7 Å². The van der Waals surface area contributed by atoms with E-state index >= 15 is 0 Å². The van der Waals surface area contributed by atoms with Gasteiger partial charge in [-0.25, -0.2) is 0 Å². The van der Waals surface area contributed by atoms with Crippen molar-refractivity contribution in [2.75, 3.05) is 30.9 Å². The highest BCUT2D eigenvalue weighted by molar-refractivity contribution is 5.54. The van der Waals surface area contributed by atoms with Crippen molar-refractivity contribution < 1.29 is 0 Å². The van der Waals surface area contributed by atoms with E-state index in [1.165, 1.54) is 11.3 Å². The molecule has 0 aromatic heterocycles. The number of anilines is 2. The number of hydrogen-bond donors (Lipinski definition) is 1. The summed E-state index contributed by atoms with van der Waals surface area (Å²) in [6.45, 7) is 6.95. The second kappa shape index (κ2) is 5.44. The zero-order valence-electron chi connectivity index (χ0n) is 9.88. The van der Waals surface area contributed by atoms with Gasteiger partial charge in [0.1, 0.15) is 0 Å². The fourth-order valence-corrected chi connectivity index (χ4v) is 1.23. The van der Waals surface area contributed by atoms with Crippen LogP contribution in [0.2, 0.25) is 0 Å². The summed E-state index contributed by atoms with van der Waals surface area (Å²) in [5.41, 5.74) is 3.59. The Morgan fingerprint density at radius 1 is 1.27 bits per heavy atom. The monoisotopic (exact) mass is 204 g/mol. The van der Waals surface area contributed by atoms with Gasteiger partial charge in [0.25, 0.3) is 0 Å². The molecule has 1 rings (SSSR count). The molecule has 0 spiro atoms. The third-order valence-electron chi connectivity index (χ3n) is 2.43. The van der Waals surface area contributed by atoms with Gasteiger partial charge in [-0.05, 0) is 30.7 Å². The Balaban J connectivity index is 2.53. The third kappa shape index (κ3) is 3.66. The molecule has 1 N–H and O–H groups in total. The van der Waals surface area contributed by atoms with Crippen LogP contribution in [0.25, 0.3) is 0 Å². The zero-order valence-corrected chi connectivity index (χ0v) is 9.88. The minimum absolute atomic E-state index is 0.859. The average Bonchev–Trinajstić information content (AvgIpc) is 2.26. The van der Waals surface area contributed by atoms with Crippen LogP contribution in [0.1, 0.15) is 13.3 Å². The number of rotatable bonds is 5. The lowest BCUT2D eigenvalue weighted by Gasteiger charge is -2.13. The van der Waals surface area contributed by atoms with Crippen LogP contribution in [-0.4, -0.2) is 20.6 Å². The lowest BCUT2D eigenvalue weighted by atomic mass is 10.2. The Labute approximate surface area is 92.6 Å². The second-order valence-corrected chi connectivity index (χ2v) is 3.90. The molecule has 0 aliphatic carbocycles. The highest BCUT2D eigenvalue weighted by Gasteiger charge is 1.96. The van der Waals surface area contributed by atoms with Gasteiger partial charge in [0.15, 0.2) is 0 Å². The molecule has 0 radical (unpaired) electrons. The largest absolute Gasteiger partial charge is 0.381 e. The van der Waals surface area contributed by atoms with E-state index in [1.807, 2.05) is 14.1 Å². The van der Waals surface area contributed by atoms with E-state index in [2.05, 4.69) is 48.0 Å². The van der Waals surface area contributed by atoms with E-state index in [4.69, 9.17) is 0 Å². The average molecular weight is 204 g/mol. The topological polar surface area (TPSA) is 15.3 Å². The van der Waals surface area contributed by atoms with Crippen LogP contribution in [0.15, 0.2) is 36.4 Å². The predicted molar refractivity (Wildman–Crippen MR) is 68.7 cm³/mol. The van der Waals surface area contributed by atoms with Crippen molar-refractivity contribution in [1.29, 1.82) is 0 Å². The molecule has 15 heavy (non-hydrogen) atoms. The Hall–Kier alpha value is -1.44. The van der Waals surface area contributed by atoms with Gasteiger partial charge in [-0.1, -0.05) is 19.1 Å². The summed E-state index contributed by atoms with van der Waals surface area (Å²) < 4.78 is 0. The van der Waals surface area contributed by atoms with Crippen molar-refractivity contribution in [2.45, 2.75) is 13.3 Å². The van der Waals surface area contributed by atoms with Gasteiger partial charge in [-0.2, -0.15) is 0 Å². The number of benzene rings is 1. The van der Waals surface area contributed by atoms with Gasteiger partial charge in [0.2, 0.25) is 0 Å². The molecule has 0 aliphatic rings. The summed E-state index contributed by atoms with van der Waals surface area (Å²) in [5.74, 6) is 0. The van der Waals surface area contributed by atoms with Gasteiger partial charge in [-0.15, -0.1) is 0 Å². The maximum absolute atomic E-state index is 3.96. The Morgan fingerprint density at radius 3 is 2.33 bits per heavy atom. The summed E-state index contributed by atoms with van der Waals surface area (Å²) in [7, 11) is 4.09. The molecule has 2 nitrogen and oxygen atoms in total. The van der Waals surface area contributed by atoms with Crippen molar-refractivity contribution in [1.82, 2.24) is 0 Å². The molecule has 0 saturated carbocycles. The fraction of sp³-hybridized carbons (Fsp3) is 0.385. The lowest BCUT2D eigenvalue weighted by molar-refractivity contribution is 1.05. The molecule has 82 valence electrons. The summed E-state index contributed by atoms with van der Waals surface area (Å²) in [6.07, 6.45) is 1.03. The highest BCUT2D eigenvalue weighted by atomic mass is 15.1. The molecule has 2 heteroatoms. The van der Waals surface area contributed by atoms with Crippen LogP contribution in [-0.2, 0) is 0 Å². The molecule has 0 fully saturated rings. The molecule has 0 unspecified atom stereocenters. The second-order valence-electron chi connectivity index (χ2n) is 3.90. The maximum atomic E-state index is 3.96. The molecule has 0 heterocycles. The van der Waals surface area contributed by atoms with Crippen molar-refractivity contribution in [3.8, 4) is 0 Å². The van der Waals surface area contributed by atoms with Crippen molar-refractivity contribution in [2.24, 2.45) is 0 Å². The van der Waals surface area contributed by atoms with E-state index in [9.17, 15) is 0 Å². The van der Waals surface area contributed by atoms with E-state index in [0.29, 0.717) is 0 Å². The van der Waals surface area contributed by atoms with Crippen molar-refractivity contribution in [3.63, 3.8) is 0 Å². The van der Waals surface area contributed by atoms with Crippen LogP contribution >= 0.6 is 0 Å². The molecular weight excluding hydrogens is 184 g/mol. The smallest absolute Gasteiger partial charge is 0.0362 e. The first-order valence-corrected chi connectivity index (χ1v) is 5.31. The Kier molecular flexibility index (Phi) is 4.22. The first kappa shape index (κ1) is 11.6. The fourth-order valence-electron chi connectivity index (χ4n) is 1.23. The summed E-state index contributed by atoms with van der Waals surface area (Å²) in [6, 6.07) is 8.41. The van der Waals surface area contributed by atoms with Crippen molar-refractivity contribution >= 4 is 11.4 Å². The van der Waals surface area contributed by atoms with Crippen LogP contribution in [0.5, 0.6) is 0 Å². The van der Waals surface area contributed by atoms with Crippen LogP contribution in [0.3, 0.4) is 0 Å². The number of nitrogens with zero attached hydrogens (tertiary/aromatic N) is 1. The first-order valence-electron chi connectivity index (χ1n) is 5.31. The minimum atomic E-state index is 0.859. The van der Waals surface area contributed by atoms with Gasteiger partial charge in [-0.3, -0.25) is 0 Å². The normalized spacial score (nSPS) is 9.80. The van der Waals surface area contributed by atoms with Gasteiger partial charge >= 0.3 is 0 Å². The number of nitrogens with one attached hydrogen (secondary N) is 1. The molecule has 0 aliphatic heterocycles. The molecule has 0 atom stereocenters. The van der Waals surface area contributed by atoms with E-state index < -0.39 is 0 Å². The minimum Gasteiger partial charge on any atom is -0.381 e. The van der Waals surface area contributed by atoms with Gasteiger partial charge in [0, 0.05) is 32.0 Å². The summed E-state index contributed by atoms with van der Waals surface area (Å²) in [5, 5.41) is 3.34. The van der Waals surface area contributed by atoms with Crippen LogP contribution < -0.4 is 10.2 Å². The van der Waals surface area contributed by atoms with Crippen LogP contribution in [0.4, 0.5) is 11.4 Å². The molecule has 1 aromatic rings. The van der Waals surface area contributed by atoms with Gasteiger partial charge < -0.3 is 10.2 Å². The number of hydrogen-bond acceptors (Lipinski definition) is 2. The summed E-state index contributed by atoms with van der Waals surface area (Å²) >= 11 is 0. The molecular formula is C13H20N2. The van der Waals surface area contributed by atoms with E-state index in [1.54, 1.807) is 0 Å². The lowest BCUT2D eigenvalue weighted by Crippen LogP contribution is -2.08. The molecule has 0 saturated heterocycles. The predicted octanol–water partition coefficient (Wildman–Crippen LogP) is 3.13. The SMILES string of the molecule is C=C(CC)CNc1ccc(N(C)C)cc1. The molecule has 0 amide bonds. The molecule has 1 aromatic carbocycles. The summed E-state index contributed by atoms with van der Waals surface area (Å²) in [4.78, 5) is 2.09. The maximum Gasteiger partial charge on any atom is 0.0362 e. The quantitative estimate of drug-likeness (QED) is 0.741. The first-order chi connectivity index (χ1) is 7.13. The zero-order chi connectivity index (χ0) is 11.3. The third-order valence-corrected chi connectivity index (χ3v) is 2.43. The Bertz CT molecular complexity index is 312. The van der Waals surface area contributed by atoms with Gasteiger partial charge in [0.05, 0.1) is 0 Å². The molecule has 0 bridgehead atoms. The Morgan fingerprint density at radius 2 is 1.87 bits per heavy atom. The van der Waals surface area contributed by atoms with E-state index in [-0.39, 0.29) is 0 Å². The van der Waals surface area contributed by atoms with Crippen molar-refractivity contribution in [3.05, 3.63) is 36.4 Å². The standard InChI is InChI=1S/C13H20N2/c1-5-11(2)10-14-12-6-8-13(9-7-12)15(3)4/h6-9,14H,2,5,10H2,1,3-4H3. The highest BCUT2D eigenvalue weighted by Crippen LogP contribution is 2.15.